The molecule has 0 amide bonds. The van der Waals surface area contributed by atoms with Crippen molar-refractivity contribution in [2.24, 2.45) is 0 Å². The first kappa shape index (κ1) is 15.7. The van der Waals surface area contributed by atoms with Crippen LogP contribution in [-0.2, 0) is 19.4 Å². The standard InChI is InChI=1S/C17H21NO2S/c1-3-14-8-9-15(21-14)12-18(2)11-10-13-6-4-5-7-16(13)17(19)20/h4-9H,3,10-12H2,1-2H3,(H,19,20). The quantitative estimate of drug-likeness (QED) is 0.848. The minimum atomic E-state index is -0.848. The zero-order chi connectivity index (χ0) is 15.2. The number of hydrogen-bond acceptors (Lipinski definition) is 3. The molecule has 112 valence electrons. The molecule has 0 fully saturated rings. The van der Waals surface area contributed by atoms with Crippen LogP contribution < -0.4 is 0 Å². The number of rotatable bonds is 7. The van der Waals surface area contributed by atoms with Gasteiger partial charge in [-0.1, -0.05) is 25.1 Å². The third-order valence-electron chi connectivity index (χ3n) is 3.50. The fourth-order valence-corrected chi connectivity index (χ4v) is 3.34. The summed E-state index contributed by atoms with van der Waals surface area (Å²) in [5.74, 6) is -0.848. The van der Waals surface area contributed by atoms with Crippen LogP contribution in [0.2, 0.25) is 0 Å². The number of aromatic carboxylic acids is 1. The van der Waals surface area contributed by atoms with E-state index in [9.17, 15) is 9.90 Å². The van der Waals surface area contributed by atoms with E-state index in [4.69, 9.17) is 0 Å². The summed E-state index contributed by atoms with van der Waals surface area (Å²) in [5, 5.41) is 9.18. The lowest BCUT2D eigenvalue weighted by Crippen LogP contribution is -2.21. The topological polar surface area (TPSA) is 40.5 Å². The molecule has 4 heteroatoms. The highest BCUT2D eigenvalue weighted by molar-refractivity contribution is 7.11. The van der Waals surface area contributed by atoms with Crippen LogP contribution in [0.25, 0.3) is 0 Å². The number of thiophene rings is 1. The van der Waals surface area contributed by atoms with Gasteiger partial charge < -0.3 is 10.0 Å². The van der Waals surface area contributed by atoms with Gasteiger partial charge in [-0.15, -0.1) is 11.3 Å². The highest BCUT2D eigenvalue weighted by atomic mass is 32.1. The Kier molecular flexibility index (Phi) is 5.53. The zero-order valence-electron chi connectivity index (χ0n) is 12.5. The fraction of sp³-hybridized carbons (Fsp3) is 0.353. The van der Waals surface area contributed by atoms with Crippen molar-refractivity contribution in [2.75, 3.05) is 13.6 Å². The van der Waals surface area contributed by atoms with Gasteiger partial charge in [-0.25, -0.2) is 4.79 Å². The Morgan fingerprint density at radius 1 is 1.19 bits per heavy atom. The smallest absolute Gasteiger partial charge is 0.335 e. The normalized spacial score (nSPS) is 11.0. The van der Waals surface area contributed by atoms with Crippen LogP contribution in [-0.4, -0.2) is 29.6 Å². The summed E-state index contributed by atoms with van der Waals surface area (Å²) in [7, 11) is 2.08. The molecule has 0 spiro atoms. The molecule has 21 heavy (non-hydrogen) atoms. The first-order valence-corrected chi connectivity index (χ1v) is 7.99. The molecule has 0 atom stereocenters. The summed E-state index contributed by atoms with van der Waals surface area (Å²) >= 11 is 1.86. The second kappa shape index (κ2) is 7.38. The van der Waals surface area contributed by atoms with Crippen LogP contribution >= 0.6 is 11.3 Å². The van der Waals surface area contributed by atoms with Gasteiger partial charge in [0.15, 0.2) is 0 Å². The van der Waals surface area contributed by atoms with E-state index in [1.807, 2.05) is 23.5 Å². The van der Waals surface area contributed by atoms with Crippen molar-refractivity contribution < 1.29 is 9.90 Å². The van der Waals surface area contributed by atoms with Crippen molar-refractivity contribution in [3.63, 3.8) is 0 Å². The molecule has 0 saturated carbocycles. The van der Waals surface area contributed by atoms with E-state index in [-0.39, 0.29) is 0 Å². The first-order valence-electron chi connectivity index (χ1n) is 7.17. The average molecular weight is 303 g/mol. The molecule has 2 aromatic rings. The van der Waals surface area contributed by atoms with Crippen molar-refractivity contribution >= 4 is 17.3 Å². The van der Waals surface area contributed by atoms with Gasteiger partial charge in [-0.2, -0.15) is 0 Å². The molecule has 0 aliphatic rings. The Morgan fingerprint density at radius 3 is 2.57 bits per heavy atom. The van der Waals surface area contributed by atoms with Crippen LogP contribution in [0.5, 0.6) is 0 Å². The molecule has 1 heterocycles. The van der Waals surface area contributed by atoms with Gasteiger partial charge in [0.05, 0.1) is 5.56 Å². The van der Waals surface area contributed by atoms with Gasteiger partial charge >= 0.3 is 5.97 Å². The lowest BCUT2D eigenvalue weighted by atomic mass is 10.0. The summed E-state index contributed by atoms with van der Waals surface area (Å²) in [4.78, 5) is 16.2. The molecule has 1 aromatic heterocycles. The Labute approximate surface area is 129 Å². The molecule has 0 bridgehead atoms. The van der Waals surface area contributed by atoms with Gasteiger partial charge in [0.25, 0.3) is 0 Å². The number of carbonyl (C=O) groups is 1. The third kappa shape index (κ3) is 4.41. The van der Waals surface area contributed by atoms with Crippen LogP contribution in [0, 0.1) is 0 Å². The molecule has 0 saturated heterocycles. The molecule has 0 unspecified atom stereocenters. The van der Waals surface area contributed by atoms with E-state index in [1.54, 1.807) is 12.1 Å². The summed E-state index contributed by atoms with van der Waals surface area (Å²) in [6.07, 6.45) is 1.84. The number of hydrogen-bond donors (Lipinski definition) is 1. The fourth-order valence-electron chi connectivity index (χ4n) is 2.30. The van der Waals surface area contributed by atoms with E-state index in [0.29, 0.717) is 5.56 Å². The van der Waals surface area contributed by atoms with Gasteiger partial charge in [0, 0.05) is 22.8 Å². The van der Waals surface area contributed by atoms with Crippen molar-refractivity contribution in [3.8, 4) is 0 Å². The van der Waals surface area contributed by atoms with Gasteiger partial charge in [0.1, 0.15) is 0 Å². The van der Waals surface area contributed by atoms with Crippen LogP contribution in [0.4, 0.5) is 0 Å². The maximum Gasteiger partial charge on any atom is 0.335 e. The van der Waals surface area contributed by atoms with Gasteiger partial charge in [0.2, 0.25) is 0 Å². The SMILES string of the molecule is CCc1ccc(CN(C)CCc2ccccc2C(=O)O)s1. The minimum absolute atomic E-state index is 0.412. The molecular formula is C17H21NO2S. The summed E-state index contributed by atoms with van der Waals surface area (Å²) in [6.45, 7) is 3.94. The molecule has 2 rings (SSSR count). The van der Waals surface area contributed by atoms with E-state index in [0.717, 1.165) is 31.5 Å². The molecule has 1 N–H and O–H groups in total. The number of aryl methyl sites for hydroxylation is 1. The van der Waals surface area contributed by atoms with Crippen molar-refractivity contribution in [3.05, 3.63) is 57.3 Å². The molecule has 0 aliphatic heterocycles. The summed E-state index contributed by atoms with van der Waals surface area (Å²) < 4.78 is 0. The molecular weight excluding hydrogens is 282 g/mol. The average Bonchev–Trinajstić information content (AvgIpc) is 2.93. The van der Waals surface area contributed by atoms with Crippen LogP contribution in [0.3, 0.4) is 0 Å². The third-order valence-corrected chi connectivity index (χ3v) is 4.72. The van der Waals surface area contributed by atoms with Gasteiger partial charge in [-0.05, 0) is 43.7 Å². The second-order valence-electron chi connectivity index (χ2n) is 5.17. The zero-order valence-corrected chi connectivity index (χ0v) is 13.3. The van der Waals surface area contributed by atoms with Crippen LogP contribution in [0.1, 0.15) is 32.6 Å². The number of nitrogens with zero attached hydrogens (tertiary/aromatic N) is 1. The number of benzene rings is 1. The molecule has 0 aliphatic carbocycles. The van der Waals surface area contributed by atoms with Crippen molar-refractivity contribution in [2.45, 2.75) is 26.3 Å². The molecule has 3 nitrogen and oxygen atoms in total. The predicted molar refractivity (Wildman–Crippen MR) is 87.1 cm³/mol. The Morgan fingerprint density at radius 2 is 1.90 bits per heavy atom. The molecule has 0 radical (unpaired) electrons. The van der Waals surface area contributed by atoms with Gasteiger partial charge in [-0.3, -0.25) is 0 Å². The lowest BCUT2D eigenvalue weighted by molar-refractivity contribution is 0.0695. The number of carboxylic acids is 1. The Hall–Kier alpha value is -1.65. The number of likely N-dealkylation sites (N-methyl/N-ethyl adjacent to an activating group) is 1. The largest absolute Gasteiger partial charge is 0.478 e. The van der Waals surface area contributed by atoms with E-state index >= 15 is 0 Å². The van der Waals surface area contributed by atoms with E-state index in [1.165, 1.54) is 9.75 Å². The maximum atomic E-state index is 11.2. The maximum absolute atomic E-state index is 11.2. The second-order valence-corrected chi connectivity index (χ2v) is 6.42. The first-order chi connectivity index (χ1) is 10.1. The highest BCUT2D eigenvalue weighted by Gasteiger charge is 2.10. The summed E-state index contributed by atoms with van der Waals surface area (Å²) in [5.41, 5.74) is 1.31. The Balaban J connectivity index is 1.92. The van der Waals surface area contributed by atoms with E-state index < -0.39 is 5.97 Å². The highest BCUT2D eigenvalue weighted by Crippen LogP contribution is 2.18. The van der Waals surface area contributed by atoms with Crippen molar-refractivity contribution in [1.82, 2.24) is 4.90 Å². The van der Waals surface area contributed by atoms with E-state index in [2.05, 4.69) is 31.0 Å². The minimum Gasteiger partial charge on any atom is -0.478 e. The lowest BCUT2D eigenvalue weighted by Gasteiger charge is -2.16. The van der Waals surface area contributed by atoms with Crippen LogP contribution in [0.15, 0.2) is 36.4 Å². The molecule has 1 aromatic carbocycles. The van der Waals surface area contributed by atoms with Crippen molar-refractivity contribution in [1.29, 1.82) is 0 Å². The monoisotopic (exact) mass is 303 g/mol. The predicted octanol–water partition coefficient (Wildman–Crippen LogP) is 3.68. The number of carboxylic acid groups (broad SMARTS) is 1. The Bertz CT molecular complexity index is 606. The summed E-state index contributed by atoms with van der Waals surface area (Å²) in [6, 6.07) is 11.6.